The fourth-order valence-corrected chi connectivity index (χ4v) is 4.88. The number of fused-ring (bicyclic) bond motifs is 4. The Balaban J connectivity index is 1.10. The summed E-state index contributed by atoms with van der Waals surface area (Å²) in [7, 11) is 0. The van der Waals surface area contributed by atoms with E-state index in [4.69, 9.17) is 21.7 Å². The van der Waals surface area contributed by atoms with E-state index in [-0.39, 0.29) is 6.79 Å². The number of thiocarbonyl (C=S) groups is 1. The van der Waals surface area contributed by atoms with Crippen LogP contribution in [0.4, 0.5) is 17.5 Å². The summed E-state index contributed by atoms with van der Waals surface area (Å²) in [6.07, 6.45) is 4.87. The van der Waals surface area contributed by atoms with Crippen LogP contribution in [0.5, 0.6) is 11.5 Å². The van der Waals surface area contributed by atoms with Gasteiger partial charge in [-0.15, -0.1) is 11.3 Å². The summed E-state index contributed by atoms with van der Waals surface area (Å²) < 4.78 is 12.9. The number of hydrogen-bond donors (Lipinski definition) is 3. The largest absolute Gasteiger partial charge is 0.454 e. The van der Waals surface area contributed by atoms with Crippen LogP contribution in [0.3, 0.4) is 0 Å². The van der Waals surface area contributed by atoms with Gasteiger partial charge in [-0.1, -0.05) is 24.3 Å². The minimum atomic E-state index is 0.253. The number of nitrogens with one attached hydrogen (secondary N) is 3. The number of ether oxygens (including phenoxy) is 2. The zero-order chi connectivity index (χ0) is 22.9. The Morgan fingerprint density at radius 2 is 1.85 bits per heavy atom. The van der Waals surface area contributed by atoms with Crippen molar-refractivity contribution in [3.8, 4) is 11.5 Å². The van der Waals surface area contributed by atoms with E-state index in [1.54, 1.807) is 30.1 Å². The maximum absolute atomic E-state index is 5.41. The van der Waals surface area contributed by atoms with Gasteiger partial charge in [-0.2, -0.15) is 0 Å². The Morgan fingerprint density at radius 3 is 2.76 bits per heavy atom. The molecule has 0 bridgehead atoms. The lowest BCUT2D eigenvalue weighted by Gasteiger charge is -2.11. The molecule has 11 heteroatoms. The van der Waals surface area contributed by atoms with E-state index in [0.717, 1.165) is 37.4 Å². The quantitative estimate of drug-likeness (QED) is 0.305. The molecule has 0 aliphatic carbocycles. The SMILES string of the molecule is S=C(NCc1ccc2c(c1)OCO2)Nc1cnc(Nc2ncnc3c2sc2ccccc23)nc1. The molecular formula is C23H17N7O2S2. The lowest BCUT2D eigenvalue weighted by molar-refractivity contribution is 0.174. The van der Waals surface area contributed by atoms with E-state index in [0.29, 0.717) is 29.1 Å². The standard InChI is InChI=1S/C23H17N7O2S2/c33-23(26-8-13-5-6-16-17(7-13)32-12-31-16)29-14-9-24-22(25-10-14)30-21-20-19(27-11-28-21)15-3-1-2-4-18(15)34-20/h1-7,9-11H,8,12H2,(H2,26,29,33)(H,24,25,27,28,30). The Morgan fingerprint density at radius 1 is 1.00 bits per heavy atom. The highest BCUT2D eigenvalue weighted by Gasteiger charge is 2.14. The summed E-state index contributed by atoms with van der Waals surface area (Å²) in [4.78, 5) is 17.6. The molecule has 3 aromatic heterocycles. The number of benzene rings is 2. The summed E-state index contributed by atoms with van der Waals surface area (Å²) in [5.74, 6) is 2.60. The van der Waals surface area contributed by atoms with Crippen molar-refractivity contribution in [1.82, 2.24) is 25.3 Å². The maximum Gasteiger partial charge on any atom is 0.231 e. The Bertz CT molecular complexity index is 1520. The predicted molar refractivity (Wildman–Crippen MR) is 136 cm³/mol. The smallest absolute Gasteiger partial charge is 0.231 e. The number of aromatic nitrogens is 4. The second-order valence-corrected chi connectivity index (χ2v) is 8.87. The molecule has 0 amide bonds. The van der Waals surface area contributed by atoms with Crippen LogP contribution in [0.25, 0.3) is 20.3 Å². The van der Waals surface area contributed by atoms with Gasteiger partial charge < -0.3 is 25.4 Å². The summed E-state index contributed by atoms with van der Waals surface area (Å²) in [6.45, 7) is 0.797. The lowest BCUT2D eigenvalue weighted by atomic mass is 10.2. The van der Waals surface area contributed by atoms with Crippen molar-refractivity contribution in [2.75, 3.05) is 17.4 Å². The highest BCUT2D eigenvalue weighted by molar-refractivity contribution is 7.80. The van der Waals surface area contributed by atoms with Crippen molar-refractivity contribution in [3.63, 3.8) is 0 Å². The van der Waals surface area contributed by atoms with Crippen molar-refractivity contribution in [2.45, 2.75) is 6.54 Å². The lowest BCUT2D eigenvalue weighted by Crippen LogP contribution is -2.28. The average molecular weight is 488 g/mol. The summed E-state index contributed by atoms with van der Waals surface area (Å²) >= 11 is 7.03. The van der Waals surface area contributed by atoms with Gasteiger partial charge in [-0.3, -0.25) is 0 Å². The van der Waals surface area contributed by atoms with Crippen LogP contribution < -0.4 is 25.4 Å². The predicted octanol–water partition coefficient (Wildman–Crippen LogP) is 4.59. The van der Waals surface area contributed by atoms with Crippen LogP contribution >= 0.6 is 23.6 Å². The summed E-state index contributed by atoms with van der Waals surface area (Å²) in [6, 6.07) is 13.9. The molecule has 0 spiro atoms. The van der Waals surface area contributed by atoms with Crippen molar-refractivity contribution in [1.29, 1.82) is 0 Å². The van der Waals surface area contributed by atoms with Gasteiger partial charge in [-0.25, -0.2) is 19.9 Å². The molecular weight excluding hydrogens is 470 g/mol. The molecule has 4 heterocycles. The van der Waals surface area contributed by atoms with Gasteiger partial charge in [0.15, 0.2) is 22.4 Å². The van der Waals surface area contributed by atoms with Gasteiger partial charge in [0.2, 0.25) is 12.7 Å². The number of rotatable bonds is 5. The molecule has 5 aromatic rings. The molecule has 1 aliphatic heterocycles. The zero-order valence-electron chi connectivity index (χ0n) is 17.6. The van der Waals surface area contributed by atoms with Gasteiger partial charge in [0.25, 0.3) is 0 Å². The first-order valence-corrected chi connectivity index (χ1v) is 11.6. The first kappa shape index (κ1) is 20.5. The van der Waals surface area contributed by atoms with Crippen molar-refractivity contribution >= 4 is 66.4 Å². The van der Waals surface area contributed by atoms with Gasteiger partial charge in [-0.05, 0) is 36.0 Å². The molecule has 0 unspecified atom stereocenters. The molecule has 6 rings (SSSR count). The first-order valence-electron chi connectivity index (χ1n) is 10.4. The number of nitrogens with zero attached hydrogens (tertiary/aromatic N) is 4. The fourth-order valence-electron chi connectivity index (χ4n) is 3.58. The molecule has 0 fully saturated rings. The van der Waals surface area contributed by atoms with Crippen molar-refractivity contribution < 1.29 is 9.47 Å². The molecule has 2 aromatic carbocycles. The van der Waals surface area contributed by atoms with E-state index >= 15 is 0 Å². The van der Waals surface area contributed by atoms with Gasteiger partial charge in [0.1, 0.15) is 6.33 Å². The number of thiophene rings is 1. The van der Waals surface area contributed by atoms with E-state index in [2.05, 4.69) is 48.0 Å². The molecule has 34 heavy (non-hydrogen) atoms. The molecule has 168 valence electrons. The molecule has 0 saturated heterocycles. The van der Waals surface area contributed by atoms with Crippen molar-refractivity contribution in [3.05, 3.63) is 66.7 Å². The van der Waals surface area contributed by atoms with E-state index in [1.807, 2.05) is 30.3 Å². The maximum atomic E-state index is 5.41. The monoisotopic (exact) mass is 487 g/mol. The molecule has 1 aliphatic rings. The highest BCUT2D eigenvalue weighted by Crippen LogP contribution is 2.36. The number of hydrogen-bond acceptors (Lipinski definition) is 9. The Kier molecular flexibility index (Phi) is 5.24. The summed E-state index contributed by atoms with van der Waals surface area (Å²) in [5, 5.41) is 11.0. The first-order chi connectivity index (χ1) is 16.7. The average Bonchev–Trinajstić information content (AvgIpc) is 3.49. The van der Waals surface area contributed by atoms with Crippen LogP contribution in [0.15, 0.2) is 61.2 Å². The van der Waals surface area contributed by atoms with E-state index in [1.165, 1.54) is 0 Å². The van der Waals surface area contributed by atoms with Gasteiger partial charge in [0.05, 0.1) is 28.3 Å². The molecule has 0 radical (unpaired) electrons. The summed E-state index contributed by atoms with van der Waals surface area (Å²) in [5.41, 5.74) is 2.61. The van der Waals surface area contributed by atoms with Crippen LogP contribution in [0.1, 0.15) is 5.56 Å². The van der Waals surface area contributed by atoms with Crippen LogP contribution in [-0.2, 0) is 6.54 Å². The third kappa shape index (κ3) is 4.02. The third-order valence-electron chi connectivity index (χ3n) is 5.19. The molecule has 0 atom stereocenters. The van der Waals surface area contributed by atoms with Gasteiger partial charge >= 0.3 is 0 Å². The van der Waals surface area contributed by atoms with Crippen molar-refractivity contribution in [2.24, 2.45) is 0 Å². The normalized spacial score (nSPS) is 12.1. The molecule has 9 nitrogen and oxygen atoms in total. The highest BCUT2D eigenvalue weighted by atomic mass is 32.1. The molecule has 3 N–H and O–H groups in total. The third-order valence-corrected chi connectivity index (χ3v) is 6.60. The minimum absolute atomic E-state index is 0.253. The Labute approximate surface area is 203 Å². The zero-order valence-corrected chi connectivity index (χ0v) is 19.2. The Hall–Kier alpha value is -4.09. The fraction of sp³-hybridized carbons (Fsp3) is 0.0870. The second-order valence-electron chi connectivity index (χ2n) is 7.41. The van der Waals surface area contributed by atoms with Crippen LogP contribution in [0, 0.1) is 0 Å². The van der Waals surface area contributed by atoms with E-state index in [9.17, 15) is 0 Å². The minimum Gasteiger partial charge on any atom is -0.454 e. The number of anilines is 3. The van der Waals surface area contributed by atoms with Crippen LogP contribution in [0.2, 0.25) is 0 Å². The van der Waals surface area contributed by atoms with E-state index < -0.39 is 0 Å². The molecule has 0 saturated carbocycles. The topological polar surface area (TPSA) is 106 Å². The second kappa shape index (κ2) is 8.69. The van der Waals surface area contributed by atoms with Gasteiger partial charge in [0, 0.05) is 16.6 Å². The van der Waals surface area contributed by atoms with Crippen LogP contribution in [-0.4, -0.2) is 31.8 Å².